The summed E-state index contributed by atoms with van der Waals surface area (Å²) in [5.41, 5.74) is 1.22. The molecule has 0 saturated carbocycles. The lowest BCUT2D eigenvalue weighted by Gasteiger charge is -2.26. The van der Waals surface area contributed by atoms with Crippen LogP contribution < -0.4 is 5.32 Å². The van der Waals surface area contributed by atoms with Crippen molar-refractivity contribution in [3.8, 4) is 0 Å². The fourth-order valence-corrected chi connectivity index (χ4v) is 1.61. The fourth-order valence-electron chi connectivity index (χ4n) is 1.61. The van der Waals surface area contributed by atoms with Crippen molar-refractivity contribution >= 4 is 5.97 Å². The molecule has 0 aromatic carbocycles. The number of hydrogen-bond acceptors (Lipinski definition) is 4. The summed E-state index contributed by atoms with van der Waals surface area (Å²) in [5.74, 6) is -0.289. The molecular formula is C11H19N3O2. The van der Waals surface area contributed by atoms with Gasteiger partial charge in [-0.25, -0.2) is 4.79 Å². The van der Waals surface area contributed by atoms with E-state index >= 15 is 0 Å². The lowest BCUT2D eigenvalue weighted by molar-refractivity contribution is -0.148. The Morgan fingerprint density at radius 2 is 2.25 bits per heavy atom. The number of hydrogen-bond donors (Lipinski definition) is 1. The summed E-state index contributed by atoms with van der Waals surface area (Å²) in [7, 11) is 3.13. The lowest BCUT2D eigenvalue weighted by atomic mass is 10.0. The fraction of sp³-hybridized carbons (Fsp3) is 0.636. The summed E-state index contributed by atoms with van der Waals surface area (Å²) in [4.78, 5) is 11.7. The van der Waals surface area contributed by atoms with Crippen LogP contribution in [-0.2, 0) is 16.1 Å². The van der Waals surface area contributed by atoms with Gasteiger partial charge in [0.25, 0.3) is 0 Å². The van der Waals surface area contributed by atoms with Crippen molar-refractivity contribution in [2.24, 2.45) is 0 Å². The molecule has 1 N–H and O–H groups in total. The van der Waals surface area contributed by atoms with Crippen molar-refractivity contribution in [2.75, 3.05) is 14.2 Å². The molecule has 0 aliphatic rings. The Morgan fingerprint density at radius 3 is 2.62 bits per heavy atom. The molecule has 1 rings (SSSR count). The minimum Gasteiger partial charge on any atom is -0.468 e. The molecule has 5 nitrogen and oxygen atoms in total. The van der Waals surface area contributed by atoms with Gasteiger partial charge in [-0.2, -0.15) is 5.10 Å². The molecule has 0 radical (unpaired) electrons. The van der Waals surface area contributed by atoms with Gasteiger partial charge in [0, 0.05) is 5.69 Å². The number of aromatic nitrogens is 2. The Morgan fingerprint density at radius 1 is 1.62 bits per heavy atom. The number of aryl methyl sites for hydroxylation is 2. The Balaban J connectivity index is 2.93. The van der Waals surface area contributed by atoms with Gasteiger partial charge >= 0.3 is 5.97 Å². The number of carbonyl (C=O) groups is 1. The number of carbonyl (C=O) groups excluding carboxylic acids is 1. The molecule has 0 saturated heterocycles. The zero-order valence-corrected chi connectivity index (χ0v) is 10.5. The van der Waals surface area contributed by atoms with Crippen LogP contribution in [0.5, 0.6) is 0 Å². The first-order chi connectivity index (χ1) is 7.42. The molecule has 90 valence electrons. The average Bonchev–Trinajstić information content (AvgIpc) is 2.55. The molecule has 0 spiro atoms. The standard InChI is InChI=1S/C11H19N3O2/c1-8-6-9(2)14(13-8)7-11(3,12-4)10(15)16-5/h6,12H,7H2,1-5H3. The number of esters is 1. The van der Waals surface area contributed by atoms with E-state index in [1.54, 1.807) is 14.0 Å². The molecule has 0 amide bonds. The highest BCUT2D eigenvalue weighted by Gasteiger charge is 2.33. The third kappa shape index (κ3) is 2.41. The summed E-state index contributed by atoms with van der Waals surface area (Å²) in [6, 6.07) is 1.98. The topological polar surface area (TPSA) is 56.2 Å². The second-order valence-corrected chi connectivity index (χ2v) is 4.16. The SMILES string of the molecule is CNC(C)(Cn1nc(C)cc1C)C(=O)OC. The normalized spacial score (nSPS) is 14.6. The van der Waals surface area contributed by atoms with Crippen LogP contribution >= 0.6 is 0 Å². The molecule has 16 heavy (non-hydrogen) atoms. The van der Waals surface area contributed by atoms with Crippen molar-refractivity contribution in [3.05, 3.63) is 17.5 Å². The van der Waals surface area contributed by atoms with Crippen molar-refractivity contribution < 1.29 is 9.53 Å². The predicted octanol–water partition coefficient (Wildman–Crippen LogP) is 0.651. The quantitative estimate of drug-likeness (QED) is 0.764. The van der Waals surface area contributed by atoms with Crippen LogP contribution in [0.3, 0.4) is 0 Å². The summed E-state index contributed by atoms with van der Waals surface area (Å²) in [6.07, 6.45) is 0. The van der Waals surface area contributed by atoms with E-state index in [2.05, 4.69) is 10.4 Å². The third-order valence-corrected chi connectivity index (χ3v) is 2.76. The van der Waals surface area contributed by atoms with Gasteiger partial charge in [0.15, 0.2) is 0 Å². The van der Waals surface area contributed by atoms with Crippen molar-refractivity contribution in [2.45, 2.75) is 32.9 Å². The maximum Gasteiger partial charge on any atom is 0.327 e. The van der Waals surface area contributed by atoms with E-state index in [9.17, 15) is 4.79 Å². The van der Waals surface area contributed by atoms with Gasteiger partial charge in [-0.3, -0.25) is 4.68 Å². The van der Waals surface area contributed by atoms with E-state index in [0.29, 0.717) is 6.54 Å². The molecular weight excluding hydrogens is 206 g/mol. The van der Waals surface area contributed by atoms with Crippen molar-refractivity contribution in [3.63, 3.8) is 0 Å². The molecule has 5 heteroatoms. The highest BCUT2D eigenvalue weighted by Crippen LogP contribution is 2.12. The van der Waals surface area contributed by atoms with E-state index in [-0.39, 0.29) is 5.97 Å². The highest BCUT2D eigenvalue weighted by atomic mass is 16.5. The van der Waals surface area contributed by atoms with E-state index in [0.717, 1.165) is 11.4 Å². The first-order valence-corrected chi connectivity index (χ1v) is 5.21. The Hall–Kier alpha value is -1.36. The van der Waals surface area contributed by atoms with Crippen LogP contribution in [0.4, 0.5) is 0 Å². The van der Waals surface area contributed by atoms with Gasteiger partial charge in [-0.05, 0) is 33.9 Å². The van der Waals surface area contributed by atoms with Crippen molar-refractivity contribution in [1.82, 2.24) is 15.1 Å². The van der Waals surface area contributed by atoms with Gasteiger partial charge in [0.1, 0.15) is 5.54 Å². The second-order valence-electron chi connectivity index (χ2n) is 4.16. The van der Waals surface area contributed by atoms with E-state index in [1.807, 2.05) is 24.6 Å². The first-order valence-electron chi connectivity index (χ1n) is 5.21. The molecule has 1 heterocycles. The van der Waals surface area contributed by atoms with Gasteiger partial charge in [-0.15, -0.1) is 0 Å². The average molecular weight is 225 g/mol. The number of nitrogens with one attached hydrogen (secondary N) is 1. The molecule has 0 aliphatic carbocycles. The van der Waals surface area contributed by atoms with Crippen molar-refractivity contribution in [1.29, 1.82) is 0 Å². The number of nitrogens with zero attached hydrogens (tertiary/aromatic N) is 2. The van der Waals surface area contributed by atoms with Gasteiger partial charge in [0.2, 0.25) is 0 Å². The monoisotopic (exact) mass is 225 g/mol. The highest BCUT2D eigenvalue weighted by molar-refractivity contribution is 5.80. The molecule has 1 unspecified atom stereocenters. The number of methoxy groups -OCH3 is 1. The molecule has 0 fully saturated rings. The number of likely N-dealkylation sites (N-methyl/N-ethyl adjacent to an activating group) is 1. The minimum absolute atomic E-state index is 0.289. The summed E-state index contributed by atoms with van der Waals surface area (Å²) < 4.78 is 6.59. The van der Waals surface area contributed by atoms with Gasteiger partial charge in [-0.1, -0.05) is 0 Å². The zero-order chi connectivity index (χ0) is 12.3. The van der Waals surface area contributed by atoms with E-state index in [4.69, 9.17) is 4.74 Å². The zero-order valence-electron chi connectivity index (χ0n) is 10.5. The minimum atomic E-state index is -0.752. The van der Waals surface area contributed by atoms with Crippen LogP contribution in [0, 0.1) is 13.8 Å². The Bertz CT molecular complexity index is 387. The van der Waals surface area contributed by atoms with Gasteiger partial charge < -0.3 is 10.1 Å². The summed E-state index contributed by atoms with van der Waals surface area (Å²) >= 11 is 0. The Kier molecular flexibility index (Phi) is 3.70. The van der Waals surface area contributed by atoms with Crippen LogP contribution in [0.25, 0.3) is 0 Å². The van der Waals surface area contributed by atoms with Crippen LogP contribution in [0.15, 0.2) is 6.07 Å². The number of ether oxygens (including phenoxy) is 1. The molecule has 0 aliphatic heterocycles. The molecule has 0 bridgehead atoms. The van der Waals surface area contributed by atoms with Gasteiger partial charge in [0.05, 0.1) is 19.3 Å². The van der Waals surface area contributed by atoms with E-state index < -0.39 is 5.54 Å². The maximum absolute atomic E-state index is 11.7. The number of rotatable bonds is 4. The molecule has 1 aromatic heterocycles. The third-order valence-electron chi connectivity index (χ3n) is 2.76. The maximum atomic E-state index is 11.7. The van der Waals surface area contributed by atoms with Crippen LogP contribution in [0.1, 0.15) is 18.3 Å². The largest absolute Gasteiger partial charge is 0.468 e. The smallest absolute Gasteiger partial charge is 0.327 e. The van der Waals surface area contributed by atoms with Crippen LogP contribution in [-0.4, -0.2) is 35.4 Å². The first kappa shape index (κ1) is 12.7. The summed E-state index contributed by atoms with van der Waals surface area (Å²) in [6.45, 7) is 6.15. The Labute approximate surface area is 95.8 Å². The molecule has 1 atom stereocenters. The predicted molar refractivity (Wildman–Crippen MR) is 61.2 cm³/mol. The molecule has 1 aromatic rings. The van der Waals surface area contributed by atoms with E-state index in [1.165, 1.54) is 7.11 Å². The van der Waals surface area contributed by atoms with Crippen LogP contribution in [0.2, 0.25) is 0 Å². The lowest BCUT2D eigenvalue weighted by Crippen LogP contribution is -2.51. The second kappa shape index (κ2) is 4.65. The summed E-state index contributed by atoms with van der Waals surface area (Å²) in [5, 5.41) is 7.31.